The van der Waals surface area contributed by atoms with Gasteiger partial charge in [0.1, 0.15) is 5.54 Å². The van der Waals surface area contributed by atoms with Crippen molar-refractivity contribution in [1.82, 2.24) is 19.7 Å². The van der Waals surface area contributed by atoms with Crippen LogP contribution in [0.15, 0.2) is 42.7 Å². The summed E-state index contributed by atoms with van der Waals surface area (Å²) in [6.45, 7) is 8.74. The number of nitrogens with zero attached hydrogens (tertiary/aromatic N) is 6. The first-order valence-corrected chi connectivity index (χ1v) is 13.8. The molecule has 14 heteroatoms. The van der Waals surface area contributed by atoms with E-state index in [-0.39, 0.29) is 30.4 Å². The Balaban J connectivity index is 1.74. The van der Waals surface area contributed by atoms with Crippen LogP contribution in [0.3, 0.4) is 0 Å². The lowest BCUT2D eigenvalue weighted by Gasteiger charge is -2.33. The van der Waals surface area contributed by atoms with E-state index in [9.17, 15) is 32.3 Å². The number of imide groups is 1. The predicted octanol–water partition coefficient (Wildman–Crippen LogP) is 3.55. The number of hydrogen-bond acceptors (Lipinski definition) is 8. The van der Waals surface area contributed by atoms with E-state index in [4.69, 9.17) is 4.84 Å². The lowest BCUT2D eigenvalue weighted by Crippen LogP contribution is -2.50. The monoisotopic (exact) mass is 604 g/mol. The van der Waals surface area contributed by atoms with E-state index < -0.39 is 35.5 Å². The summed E-state index contributed by atoms with van der Waals surface area (Å²) >= 11 is 0. The van der Waals surface area contributed by atoms with Crippen molar-refractivity contribution >= 4 is 35.2 Å². The summed E-state index contributed by atoms with van der Waals surface area (Å²) in [5.41, 5.74) is -0.314. The molecule has 0 atom stereocenters. The normalized spacial score (nSPS) is 18.0. The van der Waals surface area contributed by atoms with Crippen molar-refractivity contribution in [2.45, 2.75) is 51.9 Å². The number of likely N-dealkylation sites (N-methyl/N-ethyl adjacent to an activating group) is 1. The summed E-state index contributed by atoms with van der Waals surface area (Å²) in [4.78, 5) is 67.6. The Morgan fingerprint density at radius 2 is 1.67 bits per heavy atom. The van der Waals surface area contributed by atoms with Crippen LogP contribution in [0.1, 0.15) is 44.7 Å². The number of carbonyl (C=O) groups excluding carboxylic acids is 4. The van der Waals surface area contributed by atoms with Crippen LogP contribution in [0.5, 0.6) is 0 Å². The summed E-state index contributed by atoms with van der Waals surface area (Å²) in [5, 5.41) is 0.345. The Labute approximate surface area is 247 Å². The first-order chi connectivity index (χ1) is 20.1. The van der Waals surface area contributed by atoms with Crippen molar-refractivity contribution in [1.29, 1.82) is 0 Å². The summed E-state index contributed by atoms with van der Waals surface area (Å²) < 4.78 is 40.0. The van der Waals surface area contributed by atoms with Crippen molar-refractivity contribution in [3.05, 3.63) is 53.9 Å². The molecule has 2 aliphatic rings. The molecule has 0 unspecified atom stereocenters. The molecule has 43 heavy (non-hydrogen) atoms. The van der Waals surface area contributed by atoms with Gasteiger partial charge in [-0.05, 0) is 62.2 Å². The average molecular weight is 605 g/mol. The molecule has 0 spiro atoms. The number of alkyl halides is 3. The van der Waals surface area contributed by atoms with E-state index in [1.54, 1.807) is 57.1 Å². The summed E-state index contributed by atoms with van der Waals surface area (Å²) in [6.07, 6.45) is -2.24. The van der Waals surface area contributed by atoms with Gasteiger partial charge in [-0.1, -0.05) is 19.9 Å². The number of anilines is 2. The molecule has 3 heterocycles. The van der Waals surface area contributed by atoms with Crippen LogP contribution in [-0.2, 0) is 25.8 Å². The van der Waals surface area contributed by atoms with Gasteiger partial charge in [-0.2, -0.15) is 13.2 Å². The fourth-order valence-corrected chi connectivity index (χ4v) is 4.97. The fourth-order valence-electron chi connectivity index (χ4n) is 4.97. The molecule has 2 aromatic rings. The van der Waals surface area contributed by atoms with Crippen molar-refractivity contribution in [2.75, 3.05) is 49.7 Å². The highest BCUT2D eigenvalue weighted by molar-refractivity contribution is 6.23. The van der Waals surface area contributed by atoms with E-state index in [2.05, 4.69) is 4.98 Å². The van der Waals surface area contributed by atoms with Crippen LogP contribution >= 0.6 is 0 Å². The molecular weight excluding hydrogens is 569 g/mol. The van der Waals surface area contributed by atoms with E-state index in [0.717, 1.165) is 10.5 Å². The molecule has 4 amide bonds. The minimum Gasteiger partial charge on any atom is -0.324 e. The van der Waals surface area contributed by atoms with Gasteiger partial charge in [-0.25, -0.2) is 14.5 Å². The maximum atomic E-state index is 13.7. The zero-order valence-corrected chi connectivity index (χ0v) is 24.7. The van der Waals surface area contributed by atoms with Crippen LogP contribution in [-0.4, -0.2) is 95.0 Å². The number of hydroxylamine groups is 1. The van der Waals surface area contributed by atoms with E-state index in [1.807, 2.05) is 11.9 Å². The highest BCUT2D eigenvalue weighted by Crippen LogP contribution is 2.38. The number of rotatable bonds is 7. The van der Waals surface area contributed by atoms with E-state index in [0.29, 0.717) is 36.8 Å². The Morgan fingerprint density at radius 3 is 2.26 bits per heavy atom. The second kappa shape index (κ2) is 12.3. The highest BCUT2D eigenvalue weighted by Gasteiger charge is 2.52. The van der Waals surface area contributed by atoms with Gasteiger partial charge in [-0.15, -0.1) is 5.06 Å². The van der Waals surface area contributed by atoms with E-state index in [1.165, 1.54) is 23.1 Å². The zero-order valence-electron chi connectivity index (χ0n) is 24.7. The molecule has 0 aliphatic carbocycles. The molecule has 11 nitrogen and oxygen atoms in total. The van der Waals surface area contributed by atoms with Gasteiger partial charge in [0.15, 0.2) is 0 Å². The van der Waals surface area contributed by atoms with Crippen LogP contribution in [0.4, 0.5) is 29.3 Å². The Hall–Kier alpha value is -4.04. The second-order valence-corrected chi connectivity index (χ2v) is 11.5. The number of hydrogen-bond donors (Lipinski definition) is 0. The molecule has 2 saturated heterocycles. The zero-order chi connectivity index (χ0) is 31.7. The molecular formula is C29H35F3N6O5. The van der Waals surface area contributed by atoms with Gasteiger partial charge in [-0.3, -0.25) is 19.5 Å². The predicted molar refractivity (Wildman–Crippen MR) is 151 cm³/mol. The molecule has 1 aromatic carbocycles. The van der Waals surface area contributed by atoms with Gasteiger partial charge in [0, 0.05) is 45.1 Å². The van der Waals surface area contributed by atoms with Crippen LogP contribution < -0.4 is 9.96 Å². The maximum Gasteiger partial charge on any atom is 0.493 e. The molecule has 2 fully saturated rings. The molecule has 1 aromatic heterocycles. The quantitative estimate of drug-likeness (QED) is 0.349. The topological polar surface area (TPSA) is 107 Å². The smallest absolute Gasteiger partial charge is 0.324 e. The van der Waals surface area contributed by atoms with Crippen molar-refractivity contribution in [2.24, 2.45) is 0 Å². The molecule has 2 aliphatic heterocycles. The van der Waals surface area contributed by atoms with Crippen molar-refractivity contribution in [3.63, 3.8) is 0 Å². The number of amides is 4. The largest absolute Gasteiger partial charge is 0.493 e. The highest BCUT2D eigenvalue weighted by atomic mass is 19.4. The summed E-state index contributed by atoms with van der Waals surface area (Å²) in [6, 6.07) is 7.00. The van der Waals surface area contributed by atoms with E-state index >= 15 is 0 Å². The standard InChI is InChI=1S/C29H35F3N6O5/c1-19(2)22-7-6-21(37-25(40)28(3,4)36(27(37)42)17-20-8-10-33-11-9-20)16-23(22)38(43-26(41)29(30,31)32)24(39)18-35-14-12-34(5)13-15-35/h6-11,16,19H,12-15,17-18H2,1-5H3. The molecule has 0 N–H and O–H groups in total. The van der Waals surface area contributed by atoms with Gasteiger partial charge in [0.05, 0.1) is 17.9 Å². The molecule has 0 saturated carbocycles. The van der Waals surface area contributed by atoms with Crippen LogP contribution in [0.25, 0.3) is 0 Å². The third kappa shape index (κ3) is 6.80. The fraction of sp³-hybridized carbons (Fsp3) is 0.483. The average Bonchev–Trinajstić information content (AvgIpc) is 3.11. The second-order valence-electron chi connectivity index (χ2n) is 11.5. The Morgan fingerprint density at radius 1 is 1.05 bits per heavy atom. The Bertz CT molecular complexity index is 1380. The number of pyridine rings is 1. The summed E-state index contributed by atoms with van der Waals surface area (Å²) in [5.74, 6) is -4.38. The molecule has 232 valence electrons. The van der Waals surface area contributed by atoms with Crippen LogP contribution in [0.2, 0.25) is 0 Å². The maximum absolute atomic E-state index is 13.7. The number of aromatic nitrogens is 1. The molecule has 0 radical (unpaired) electrons. The van der Waals surface area contributed by atoms with Crippen LogP contribution in [0, 0.1) is 0 Å². The number of halogens is 3. The molecule has 0 bridgehead atoms. The minimum atomic E-state index is -5.37. The number of benzene rings is 1. The third-order valence-electron chi connectivity index (χ3n) is 7.61. The third-order valence-corrected chi connectivity index (χ3v) is 7.61. The lowest BCUT2D eigenvalue weighted by atomic mass is 9.99. The lowest BCUT2D eigenvalue weighted by molar-refractivity contribution is -0.201. The SMILES string of the molecule is CC(C)c1ccc(N2C(=O)N(Cc3ccncc3)C(C)(C)C2=O)cc1N(OC(=O)C(F)(F)F)C(=O)CN1CCN(C)CC1. The van der Waals surface area contributed by atoms with Gasteiger partial charge >= 0.3 is 18.2 Å². The number of urea groups is 1. The molecule has 4 rings (SSSR count). The Kier molecular flexibility index (Phi) is 9.11. The first-order valence-electron chi connectivity index (χ1n) is 13.8. The van der Waals surface area contributed by atoms with Gasteiger partial charge in [0.25, 0.3) is 11.8 Å². The summed E-state index contributed by atoms with van der Waals surface area (Å²) in [7, 11) is 1.91. The van der Waals surface area contributed by atoms with Crippen molar-refractivity contribution in [3.8, 4) is 0 Å². The van der Waals surface area contributed by atoms with Gasteiger partial charge in [0.2, 0.25) is 0 Å². The van der Waals surface area contributed by atoms with Gasteiger partial charge < -0.3 is 14.6 Å². The number of carbonyl (C=O) groups is 4. The number of piperazine rings is 1. The first kappa shape index (κ1) is 31.9. The minimum absolute atomic E-state index is 0.0140. The van der Waals surface area contributed by atoms with Crippen molar-refractivity contribution < 1.29 is 37.2 Å².